The summed E-state index contributed by atoms with van der Waals surface area (Å²) in [4.78, 5) is 0. The van der Waals surface area contributed by atoms with Crippen LogP contribution < -0.4 is 0 Å². The van der Waals surface area contributed by atoms with Crippen LogP contribution in [0.2, 0.25) is 0 Å². The molecule has 0 aliphatic carbocycles. The van der Waals surface area contributed by atoms with E-state index in [0.717, 1.165) is 0 Å². The molecule has 0 spiro atoms. The molecule has 0 aliphatic rings. The molecule has 0 saturated carbocycles. The third kappa shape index (κ3) is 20.7. The lowest BCUT2D eigenvalue weighted by Crippen LogP contribution is -1.87. The highest BCUT2D eigenvalue weighted by Crippen LogP contribution is 2.14. The van der Waals surface area contributed by atoms with E-state index in [1.54, 1.807) is 0 Å². The van der Waals surface area contributed by atoms with Gasteiger partial charge in [0.1, 0.15) is 0 Å². The summed E-state index contributed by atoms with van der Waals surface area (Å²) in [6.45, 7) is 4.58. The van der Waals surface area contributed by atoms with Crippen LogP contribution in [0.4, 0.5) is 0 Å². The zero-order valence-corrected chi connectivity index (χ0v) is 16.5. The van der Waals surface area contributed by atoms with Crippen molar-refractivity contribution in [1.29, 1.82) is 0 Å². The average Bonchev–Trinajstić information content (AvgIpc) is 2.50. The zero-order valence-electron chi connectivity index (χ0n) is 14.8. The summed E-state index contributed by atoms with van der Waals surface area (Å²) < 4.78 is 0. The highest BCUT2D eigenvalue weighted by atomic mass is 32.2. The lowest BCUT2D eigenvalue weighted by atomic mass is 10.1. The van der Waals surface area contributed by atoms with E-state index in [2.05, 4.69) is 37.4 Å². The maximum atomic E-state index is 2.29. The van der Waals surface area contributed by atoms with Gasteiger partial charge in [-0.25, -0.2) is 0 Å². The van der Waals surface area contributed by atoms with E-state index in [4.69, 9.17) is 0 Å². The Bertz CT molecular complexity index is 153. The molecule has 0 nitrogen and oxygen atoms in total. The Morgan fingerprint density at radius 2 is 0.667 bits per heavy atom. The molecule has 0 amide bonds. The van der Waals surface area contributed by atoms with Crippen LogP contribution in [0.5, 0.6) is 0 Å². The predicted octanol–water partition coefficient (Wildman–Crippen LogP) is 7.56. The van der Waals surface area contributed by atoms with Gasteiger partial charge in [0.15, 0.2) is 0 Å². The van der Waals surface area contributed by atoms with E-state index < -0.39 is 0 Å². The van der Waals surface area contributed by atoms with Crippen molar-refractivity contribution in [2.45, 2.75) is 97.3 Å². The van der Waals surface area contributed by atoms with Gasteiger partial charge in [-0.05, 0) is 48.7 Å². The SMILES string of the molecule is CCCCCCSCCCCCCCCSCCCCC. The fourth-order valence-corrected chi connectivity index (χ4v) is 4.45. The van der Waals surface area contributed by atoms with Gasteiger partial charge in [0.2, 0.25) is 0 Å². The number of rotatable bonds is 18. The van der Waals surface area contributed by atoms with Gasteiger partial charge in [-0.15, -0.1) is 0 Å². The van der Waals surface area contributed by atoms with E-state index >= 15 is 0 Å². The third-order valence-electron chi connectivity index (χ3n) is 3.86. The zero-order chi connectivity index (χ0) is 15.4. The summed E-state index contributed by atoms with van der Waals surface area (Å²) in [5.41, 5.74) is 0. The topological polar surface area (TPSA) is 0 Å². The van der Waals surface area contributed by atoms with Crippen LogP contribution in [0, 0.1) is 0 Å². The first-order chi connectivity index (χ1) is 10.4. The molecule has 0 N–H and O–H groups in total. The second-order valence-corrected chi connectivity index (χ2v) is 8.56. The normalized spacial score (nSPS) is 11.1. The molecule has 0 rings (SSSR count). The Labute approximate surface area is 144 Å². The van der Waals surface area contributed by atoms with Crippen molar-refractivity contribution >= 4 is 23.5 Å². The smallest absolute Gasteiger partial charge is 0.00675 e. The second-order valence-electron chi connectivity index (χ2n) is 6.11. The minimum Gasteiger partial charge on any atom is -0.162 e. The summed E-state index contributed by atoms with van der Waals surface area (Å²) in [7, 11) is 0. The molecule has 0 radical (unpaired) electrons. The molecule has 128 valence electrons. The molecule has 0 atom stereocenters. The lowest BCUT2D eigenvalue weighted by Gasteiger charge is -2.03. The van der Waals surface area contributed by atoms with Crippen LogP contribution in [-0.2, 0) is 0 Å². The van der Waals surface area contributed by atoms with E-state index in [-0.39, 0.29) is 0 Å². The Morgan fingerprint density at radius 1 is 0.381 bits per heavy atom. The van der Waals surface area contributed by atoms with Gasteiger partial charge < -0.3 is 0 Å². The van der Waals surface area contributed by atoms with Crippen LogP contribution in [0.15, 0.2) is 0 Å². The summed E-state index contributed by atoms with van der Waals surface area (Å²) in [5.74, 6) is 5.59. The van der Waals surface area contributed by atoms with Crippen molar-refractivity contribution in [2.24, 2.45) is 0 Å². The van der Waals surface area contributed by atoms with Crippen LogP contribution in [-0.4, -0.2) is 23.0 Å². The van der Waals surface area contributed by atoms with Crippen molar-refractivity contribution < 1.29 is 0 Å². The first-order valence-electron chi connectivity index (χ1n) is 9.57. The van der Waals surface area contributed by atoms with Crippen molar-refractivity contribution in [2.75, 3.05) is 23.0 Å². The van der Waals surface area contributed by atoms with Gasteiger partial charge in [-0.1, -0.05) is 71.6 Å². The lowest BCUT2D eigenvalue weighted by molar-refractivity contribution is 0.629. The Hall–Kier alpha value is 0.700. The van der Waals surface area contributed by atoms with Gasteiger partial charge in [0.05, 0.1) is 0 Å². The fraction of sp³-hybridized carbons (Fsp3) is 1.00. The quantitative estimate of drug-likeness (QED) is 0.237. The number of hydrogen-bond acceptors (Lipinski definition) is 2. The van der Waals surface area contributed by atoms with Gasteiger partial charge in [-0.3, -0.25) is 0 Å². The number of thioether (sulfide) groups is 2. The fourth-order valence-electron chi connectivity index (χ4n) is 2.40. The molecule has 0 aliphatic heterocycles. The summed E-state index contributed by atoms with van der Waals surface area (Å²) in [5, 5.41) is 0. The first kappa shape index (κ1) is 21.7. The first-order valence-corrected chi connectivity index (χ1v) is 11.9. The van der Waals surface area contributed by atoms with Gasteiger partial charge in [0.25, 0.3) is 0 Å². The van der Waals surface area contributed by atoms with Crippen LogP contribution in [0.3, 0.4) is 0 Å². The average molecular weight is 333 g/mol. The predicted molar refractivity (Wildman–Crippen MR) is 106 cm³/mol. The minimum atomic E-state index is 1.36. The summed E-state index contributed by atoms with van der Waals surface area (Å²) in [6, 6.07) is 0. The molecular formula is C19H40S2. The van der Waals surface area contributed by atoms with Gasteiger partial charge >= 0.3 is 0 Å². The van der Waals surface area contributed by atoms with E-state index in [1.807, 2.05) is 0 Å². The molecule has 21 heavy (non-hydrogen) atoms. The van der Waals surface area contributed by atoms with Gasteiger partial charge in [0, 0.05) is 0 Å². The largest absolute Gasteiger partial charge is 0.162 e. The van der Waals surface area contributed by atoms with Crippen molar-refractivity contribution in [3.63, 3.8) is 0 Å². The summed E-state index contributed by atoms with van der Waals surface area (Å²) >= 11 is 4.35. The van der Waals surface area contributed by atoms with Crippen molar-refractivity contribution in [3.8, 4) is 0 Å². The maximum absolute atomic E-state index is 2.29. The van der Waals surface area contributed by atoms with Crippen LogP contribution in [0.1, 0.15) is 97.3 Å². The van der Waals surface area contributed by atoms with Crippen molar-refractivity contribution in [1.82, 2.24) is 0 Å². The number of hydrogen-bond donors (Lipinski definition) is 0. The molecule has 2 heteroatoms. The molecule has 0 aromatic heterocycles. The Morgan fingerprint density at radius 3 is 1.10 bits per heavy atom. The molecule has 0 heterocycles. The molecule has 0 bridgehead atoms. The molecule has 0 aromatic rings. The second kappa shape index (κ2) is 20.7. The molecule has 0 aromatic carbocycles. The van der Waals surface area contributed by atoms with E-state index in [1.165, 1.54) is 106 Å². The van der Waals surface area contributed by atoms with Gasteiger partial charge in [-0.2, -0.15) is 23.5 Å². The Balaban J connectivity index is 2.90. The number of unbranched alkanes of at least 4 members (excludes halogenated alkanes) is 10. The van der Waals surface area contributed by atoms with E-state index in [0.29, 0.717) is 0 Å². The van der Waals surface area contributed by atoms with E-state index in [9.17, 15) is 0 Å². The highest BCUT2D eigenvalue weighted by Gasteiger charge is 1.94. The molecular weight excluding hydrogens is 292 g/mol. The monoisotopic (exact) mass is 332 g/mol. The summed E-state index contributed by atoms with van der Waals surface area (Å²) in [6.07, 6.45) is 18.6. The maximum Gasteiger partial charge on any atom is -0.00675 e. The highest BCUT2D eigenvalue weighted by molar-refractivity contribution is 7.99. The van der Waals surface area contributed by atoms with Crippen LogP contribution in [0.25, 0.3) is 0 Å². The van der Waals surface area contributed by atoms with Crippen LogP contribution >= 0.6 is 23.5 Å². The molecule has 0 saturated heterocycles. The molecule has 0 unspecified atom stereocenters. The third-order valence-corrected chi connectivity index (χ3v) is 6.17. The minimum absolute atomic E-state index is 1.36. The Kier molecular flexibility index (Phi) is 21.4. The van der Waals surface area contributed by atoms with Crippen molar-refractivity contribution in [3.05, 3.63) is 0 Å². The standard InChI is InChI=1S/C19H40S2/c1-3-5-7-13-17-21-19-15-11-9-8-10-14-18-20-16-12-6-4-2/h3-19H2,1-2H3. The molecule has 0 fully saturated rings.